The highest BCUT2D eigenvalue weighted by Gasteiger charge is 2.27. The van der Waals surface area contributed by atoms with Crippen LogP contribution in [-0.4, -0.2) is 44.3 Å². The smallest absolute Gasteiger partial charge is 0.264 e. The maximum Gasteiger partial charge on any atom is 0.264 e. The lowest BCUT2D eigenvalue weighted by molar-refractivity contribution is -0.122. The second-order valence-electron chi connectivity index (χ2n) is 8.40. The molecule has 1 N–H and O–H groups in total. The van der Waals surface area contributed by atoms with Crippen LogP contribution < -0.4 is 9.62 Å². The third-order valence-corrected chi connectivity index (χ3v) is 7.11. The number of hydrogen-bond donors (Lipinski definition) is 1. The van der Waals surface area contributed by atoms with Crippen molar-refractivity contribution in [1.29, 1.82) is 0 Å². The van der Waals surface area contributed by atoms with Crippen LogP contribution in [0.15, 0.2) is 89.8 Å². The minimum Gasteiger partial charge on any atom is -0.352 e. The Balaban J connectivity index is 1.94. The van der Waals surface area contributed by atoms with Gasteiger partial charge in [0, 0.05) is 18.2 Å². The van der Waals surface area contributed by atoms with Gasteiger partial charge in [0.25, 0.3) is 15.9 Å². The zero-order valence-corrected chi connectivity index (χ0v) is 21.0. The van der Waals surface area contributed by atoms with E-state index in [9.17, 15) is 18.0 Å². The summed E-state index contributed by atoms with van der Waals surface area (Å²) in [6, 6.07) is 24.1. The molecule has 184 valence electrons. The molecule has 0 unspecified atom stereocenters. The number of likely N-dealkylation sites (N-methyl/N-ethyl adjacent to an activating group) is 1. The van der Waals surface area contributed by atoms with Crippen molar-refractivity contribution in [3.05, 3.63) is 96.1 Å². The molecular weight excluding hydrogens is 462 g/mol. The Morgan fingerprint density at radius 1 is 0.886 bits per heavy atom. The maximum absolute atomic E-state index is 13.8. The summed E-state index contributed by atoms with van der Waals surface area (Å²) in [6.07, 6.45) is 0. The predicted molar refractivity (Wildman–Crippen MR) is 138 cm³/mol. The van der Waals surface area contributed by atoms with Gasteiger partial charge in [-0.2, -0.15) is 0 Å². The molecule has 0 aliphatic rings. The number of carbonyl (C=O) groups is 2. The predicted octanol–water partition coefficient (Wildman–Crippen LogP) is 4.07. The molecule has 0 aliphatic heterocycles. The first-order chi connectivity index (χ1) is 16.7. The lowest BCUT2D eigenvalue weighted by Crippen LogP contribution is -2.42. The van der Waals surface area contributed by atoms with Crippen LogP contribution in [-0.2, 0) is 21.4 Å². The Kier molecular flexibility index (Phi) is 8.65. The molecule has 35 heavy (non-hydrogen) atoms. The van der Waals surface area contributed by atoms with Gasteiger partial charge in [-0.15, -0.1) is 0 Å². The Morgan fingerprint density at radius 3 is 2.11 bits per heavy atom. The topological polar surface area (TPSA) is 86.8 Å². The van der Waals surface area contributed by atoms with E-state index in [1.54, 1.807) is 43.3 Å². The number of benzene rings is 3. The lowest BCUT2D eigenvalue weighted by Gasteiger charge is -2.25. The van der Waals surface area contributed by atoms with Gasteiger partial charge in [0.1, 0.15) is 0 Å². The normalized spacial score (nSPS) is 11.2. The average molecular weight is 494 g/mol. The maximum atomic E-state index is 13.8. The highest BCUT2D eigenvalue weighted by atomic mass is 32.2. The summed E-state index contributed by atoms with van der Waals surface area (Å²) in [4.78, 5) is 26.7. The molecule has 0 fully saturated rings. The van der Waals surface area contributed by atoms with Gasteiger partial charge in [-0.3, -0.25) is 13.9 Å². The van der Waals surface area contributed by atoms with Crippen LogP contribution in [0.4, 0.5) is 5.69 Å². The van der Waals surface area contributed by atoms with Crippen LogP contribution in [0.25, 0.3) is 0 Å². The molecule has 8 heteroatoms. The number of amides is 2. The quantitative estimate of drug-likeness (QED) is 0.461. The number of carbonyl (C=O) groups excluding carboxylic acids is 2. The summed E-state index contributed by atoms with van der Waals surface area (Å²) in [6.45, 7) is 5.82. The molecule has 3 aromatic rings. The van der Waals surface area contributed by atoms with Gasteiger partial charge in [0.15, 0.2) is 0 Å². The van der Waals surface area contributed by atoms with Gasteiger partial charge >= 0.3 is 0 Å². The van der Waals surface area contributed by atoms with E-state index in [1.807, 2.05) is 50.2 Å². The fourth-order valence-electron chi connectivity index (χ4n) is 3.63. The third-order valence-electron chi connectivity index (χ3n) is 5.34. The van der Waals surface area contributed by atoms with E-state index in [4.69, 9.17) is 0 Å². The van der Waals surface area contributed by atoms with Crippen LogP contribution >= 0.6 is 0 Å². The second-order valence-corrected chi connectivity index (χ2v) is 10.3. The third kappa shape index (κ3) is 6.70. The first-order valence-electron chi connectivity index (χ1n) is 11.5. The van der Waals surface area contributed by atoms with Crippen molar-refractivity contribution >= 4 is 27.5 Å². The second kappa shape index (κ2) is 11.7. The zero-order chi connectivity index (χ0) is 25.4. The molecule has 0 bridgehead atoms. The van der Waals surface area contributed by atoms with Gasteiger partial charge in [0.05, 0.1) is 23.7 Å². The van der Waals surface area contributed by atoms with Crippen molar-refractivity contribution in [3.8, 4) is 0 Å². The highest BCUT2D eigenvalue weighted by Crippen LogP contribution is 2.26. The van der Waals surface area contributed by atoms with Crippen LogP contribution in [0.2, 0.25) is 0 Å². The van der Waals surface area contributed by atoms with E-state index in [0.29, 0.717) is 12.2 Å². The monoisotopic (exact) mass is 493 g/mol. The SMILES string of the molecule is CCN(CC(=O)NC(C)C)C(=O)c1cccc(S(=O)(=O)N(Cc2ccccc2)c2ccccc2)c1. The van der Waals surface area contributed by atoms with E-state index < -0.39 is 15.9 Å². The molecule has 0 saturated heterocycles. The number of hydrogen-bond acceptors (Lipinski definition) is 4. The molecule has 0 heterocycles. The van der Waals surface area contributed by atoms with Crippen LogP contribution in [0.3, 0.4) is 0 Å². The van der Waals surface area contributed by atoms with E-state index in [0.717, 1.165) is 5.56 Å². The summed E-state index contributed by atoms with van der Waals surface area (Å²) >= 11 is 0. The average Bonchev–Trinajstić information content (AvgIpc) is 2.86. The molecule has 0 radical (unpaired) electrons. The van der Waals surface area contributed by atoms with Crippen LogP contribution in [0.1, 0.15) is 36.7 Å². The van der Waals surface area contributed by atoms with E-state index >= 15 is 0 Å². The Morgan fingerprint density at radius 2 is 1.51 bits per heavy atom. The summed E-state index contributed by atoms with van der Waals surface area (Å²) in [7, 11) is -4.00. The van der Waals surface area contributed by atoms with Crippen molar-refractivity contribution in [2.75, 3.05) is 17.4 Å². The fraction of sp³-hybridized carbons (Fsp3) is 0.259. The molecule has 2 amide bonds. The zero-order valence-electron chi connectivity index (χ0n) is 20.2. The van der Waals surface area contributed by atoms with Gasteiger partial charge in [-0.25, -0.2) is 8.42 Å². The number of rotatable bonds is 10. The summed E-state index contributed by atoms with van der Waals surface area (Å²) in [5.74, 6) is -0.671. The molecule has 0 spiro atoms. The van der Waals surface area contributed by atoms with E-state index in [1.165, 1.54) is 21.3 Å². The van der Waals surface area contributed by atoms with Crippen molar-refractivity contribution < 1.29 is 18.0 Å². The van der Waals surface area contributed by atoms with Crippen molar-refractivity contribution in [2.24, 2.45) is 0 Å². The summed E-state index contributed by atoms with van der Waals surface area (Å²) in [5.41, 5.74) is 1.56. The number of nitrogens with one attached hydrogen (secondary N) is 1. The first-order valence-corrected chi connectivity index (χ1v) is 13.0. The van der Waals surface area contributed by atoms with Gasteiger partial charge in [-0.1, -0.05) is 54.6 Å². The Labute approximate surface area is 207 Å². The molecule has 0 atom stereocenters. The number of nitrogens with zero attached hydrogens (tertiary/aromatic N) is 2. The van der Waals surface area contributed by atoms with Gasteiger partial charge < -0.3 is 10.2 Å². The molecule has 0 saturated carbocycles. The van der Waals surface area contributed by atoms with Gasteiger partial charge in [0.2, 0.25) is 5.91 Å². The molecule has 0 aromatic heterocycles. The van der Waals surface area contributed by atoms with Crippen molar-refractivity contribution in [2.45, 2.75) is 38.3 Å². The molecule has 7 nitrogen and oxygen atoms in total. The largest absolute Gasteiger partial charge is 0.352 e. The van der Waals surface area contributed by atoms with Crippen LogP contribution in [0.5, 0.6) is 0 Å². The number of para-hydroxylation sites is 1. The van der Waals surface area contributed by atoms with Crippen molar-refractivity contribution in [1.82, 2.24) is 10.2 Å². The lowest BCUT2D eigenvalue weighted by atomic mass is 10.2. The van der Waals surface area contributed by atoms with Gasteiger partial charge in [-0.05, 0) is 56.7 Å². The summed E-state index contributed by atoms with van der Waals surface area (Å²) < 4.78 is 28.9. The number of sulfonamides is 1. The Hall–Kier alpha value is -3.65. The standard InChI is InChI=1S/C27H31N3O4S/c1-4-29(20-26(31)28-21(2)3)27(32)23-14-11-17-25(18-23)35(33,34)30(24-15-9-6-10-16-24)19-22-12-7-5-8-13-22/h5-18,21H,4,19-20H2,1-3H3,(H,28,31). The van der Waals surface area contributed by atoms with E-state index in [-0.39, 0.29) is 35.5 Å². The highest BCUT2D eigenvalue weighted by molar-refractivity contribution is 7.92. The minimum atomic E-state index is -4.00. The van der Waals surface area contributed by atoms with E-state index in [2.05, 4.69) is 5.32 Å². The van der Waals surface area contributed by atoms with Crippen molar-refractivity contribution in [3.63, 3.8) is 0 Å². The molecule has 3 aromatic carbocycles. The van der Waals surface area contributed by atoms with Crippen LogP contribution in [0, 0.1) is 0 Å². The molecule has 0 aliphatic carbocycles. The molecule has 3 rings (SSSR count). The number of anilines is 1. The fourth-order valence-corrected chi connectivity index (χ4v) is 5.13. The Bertz CT molecular complexity index is 1250. The first kappa shape index (κ1) is 26.0. The molecular formula is C27H31N3O4S. The summed E-state index contributed by atoms with van der Waals surface area (Å²) in [5, 5.41) is 2.77. The minimum absolute atomic E-state index is 0.00539.